The van der Waals surface area contributed by atoms with Crippen molar-refractivity contribution in [3.8, 4) is 0 Å². The zero-order chi connectivity index (χ0) is 13.1. The Morgan fingerprint density at radius 1 is 1.28 bits per heavy atom. The fourth-order valence-electron chi connectivity index (χ4n) is 2.20. The molecule has 0 amide bonds. The summed E-state index contributed by atoms with van der Waals surface area (Å²) in [5.74, 6) is 0. The predicted molar refractivity (Wildman–Crippen MR) is 78.7 cm³/mol. The second-order valence-electron chi connectivity index (χ2n) is 4.52. The molecule has 0 bridgehead atoms. The summed E-state index contributed by atoms with van der Waals surface area (Å²) in [5.41, 5.74) is 2.96. The van der Waals surface area contributed by atoms with Crippen LogP contribution in [0.1, 0.15) is 44.1 Å². The zero-order valence-electron chi connectivity index (χ0n) is 10.8. The number of halogens is 1. The minimum Gasteiger partial charge on any atom is -0.388 e. The molecule has 0 spiro atoms. The van der Waals surface area contributed by atoms with Gasteiger partial charge < -0.3 is 5.11 Å². The van der Waals surface area contributed by atoms with Crippen molar-refractivity contribution in [3.05, 3.63) is 40.0 Å². The van der Waals surface area contributed by atoms with Gasteiger partial charge in [-0.1, -0.05) is 42.3 Å². The van der Waals surface area contributed by atoms with Crippen LogP contribution >= 0.6 is 15.9 Å². The van der Waals surface area contributed by atoms with Crippen molar-refractivity contribution in [2.24, 2.45) is 0 Å². The number of benzene rings is 1. The molecule has 0 aliphatic heterocycles. The van der Waals surface area contributed by atoms with Crippen LogP contribution in [0.2, 0.25) is 0 Å². The van der Waals surface area contributed by atoms with E-state index in [1.807, 2.05) is 18.2 Å². The molecule has 0 saturated carbocycles. The largest absolute Gasteiger partial charge is 0.388 e. The van der Waals surface area contributed by atoms with E-state index in [4.69, 9.17) is 0 Å². The second-order valence-corrected chi connectivity index (χ2v) is 5.44. The Labute approximate surface area is 116 Å². The van der Waals surface area contributed by atoms with Gasteiger partial charge in [-0.25, -0.2) is 0 Å². The van der Waals surface area contributed by atoms with Crippen molar-refractivity contribution in [2.75, 3.05) is 0 Å². The van der Waals surface area contributed by atoms with E-state index in [1.165, 1.54) is 0 Å². The van der Waals surface area contributed by atoms with Crippen molar-refractivity contribution >= 4 is 26.8 Å². The summed E-state index contributed by atoms with van der Waals surface area (Å²) in [6.45, 7) is 4.16. The number of nitrogens with zero attached hydrogens (tertiary/aromatic N) is 1. The first-order valence-corrected chi connectivity index (χ1v) is 7.22. The summed E-state index contributed by atoms with van der Waals surface area (Å²) >= 11 is 3.46. The lowest BCUT2D eigenvalue weighted by Crippen LogP contribution is -2.04. The van der Waals surface area contributed by atoms with Gasteiger partial charge in [0.2, 0.25) is 0 Å². The number of hydrogen-bond donors (Lipinski definition) is 1. The molecule has 1 heterocycles. The fraction of sp³-hybridized carbons (Fsp3) is 0.400. The molecule has 18 heavy (non-hydrogen) atoms. The average Bonchev–Trinajstić information content (AvgIpc) is 2.37. The molecule has 1 unspecified atom stereocenters. The van der Waals surface area contributed by atoms with Crippen molar-refractivity contribution in [1.82, 2.24) is 4.98 Å². The quantitative estimate of drug-likeness (QED) is 0.908. The van der Waals surface area contributed by atoms with Gasteiger partial charge in [0.1, 0.15) is 0 Å². The van der Waals surface area contributed by atoms with E-state index in [1.54, 1.807) is 0 Å². The van der Waals surface area contributed by atoms with Crippen LogP contribution in [0.4, 0.5) is 0 Å². The normalized spacial score (nSPS) is 12.9. The topological polar surface area (TPSA) is 33.1 Å². The van der Waals surface area contributed by atoms with Crippen molar-refractivity contribution < 1.29 is 5.11 Å². The van der Waals surface area contributed by atoms with Crippen LogP contribution in [0.15, 0.2) is 28.7 Å². The minimum absolute atomic E-state index is 0.398. The summed E-state index contributed by atoms with van der Waals surface area (Å²) < 4.78 is 1.03. The van der Waals surface area contributed by atoms with Gasteiger partial charge in [-0.3, -0.25) is 4.98 Å². The van der Waals surface area contributed by atoms with Gasteiger partial charge in [0.25, 0.3) is 0 Å². The molecule has 0 saturated heterocycles. The summed E-state index contributed by atoms with van der Waals surface area (Å²) in [5, 5.41) is 11.3. The number of hydrogen-bond acceptors (Lipinski definition) is 2. The first-order valence-electron chi connectivity index (χ1n) is 6.42. The number of aliphatic hydroxyl groups is 1. The van der Waals surface area contributed by atoms with E-state index < -0.39 is 6.10 Å². The molecule has 1 atom stereocenters. The van der Waals surface area contributed by atoms with Gasteiger partial charge in [-0.2, -0.15) is 0 Å². The summed E-state index contributed by atoms with van der Waals surface area (Å²) in [4.78, 5) is 4.67. The zero-order valence-corrected chi connectivity index (χ0v) is 12.4. The van der Waals surface area contributed by atoms with Crippen LogP contribution in [0.5, 0.6) is 0 Å². The van der Waals surface area contributed by atoms with E-state index in [2.05, 4.69) is 40.8 Å². The molecular weight excluding hydrogens is 290 g/mol. The maximum absolute atomic E-state index is 10.2. The summed E-state index contributed by atoms with van der Waals surface area (Å²) in [6, 6.07) is 8.14. The lowest BCUT2D eigenvalue weighted by Gasteiger charge is -2.14. The van der Waals surface area contributed by atoms with Crippen LogP contribution in [0.3, 0.4) is 0 Å². The third-order valence-electron chi connectivity index (χ3n) is 3.15. The molecule has 2 aromatic rings. The van der Waals surface area contributed by atoms with Crippen LogP contribution in [-0.2, 0) is 6.42 Å². The summed E-state index contributed by atoms with van der Waals surface area (Å²) in [6.07, 6.45) is 2.21. The van der Waals surface area contributed by atoms with Crippen LogP contribution < -0.4 is 0 Å². The molecule has 1 aromatic carbocycles. The van der Waals surface area contributed by atoms with Crippen molar-refractivity contribution in [3.63, 3.8) is 0 Å². The fourth-order valence-corrected chi connectivity index (χ4v) is 2.55. The third-order valence-corrected chi connectivity index (χ3v) is 3.64. The van der Waals surface area contributed by atoms with Gasteiger partial charge in [0, 0.05) is 21.1 Å². The highest BCUT2D eigenvalue weighted by molar-refractivity contribution is 9.10. The Balaban J connectivity index is 2.55. The monoisotopic (exact) mass is 307 g/mol. The maximum atomic E-state index is 10.2. The molecule has 3 heteroatoms. The lowest BCUT2D eigenvalue weighted by atomic mass is 10.00. The molecule has 0 aliphatic carbocycles. The number of pyridine rings is 1. The van der Waals surface area contributed by atoms with E-state index >= 15 is 0 Å². The Kier molecular flexibility index (Phi) is 4.36. The number of aryl methyl sites for hydroxylation is 1. The molecule has 96 valence electrons. The highest BCUT2D eigenvalue weighted by Crippen LogP contribution is 2.27. The number of rotatable bonds is 4. The standard InChI is InChI=1S/C15H18BrNO/c1-3-5-15(18)12-8-10-6-7-11(16)9-14(10)17-13(12)4-2/h6-9,15,18H,3-5H2,1-2H3. The predicted octanol–water partition coefficient (Wildman–Crippen LogP) is 4.39. The lowest BCUT2D eigenvalue weighted by molar-refractivity contribution is 0.165. The second kappa shape index (κ2) is 5.81. The number of aromatic nitrogens is 1. The molecule has 0 aliphatic rings. The first-order chi connectivity index (χ1) is 8.65. The van der Waals surface area contributed by atoms with E-state index in [0.717, 1.165) is 45.9 Å². The van der Waals surface area contributed by atoms with Gasteiger partial charge in [0.05, 0.1) is 11.6 Å². The maximum Gasteiger partial charge on any atom is 0.0807 e. The Morgan fingerprint density at radius 2 is 2.06 bits per heavy atom. The van der Waals surface area contributed by atoms with Gasteiger partial charge >= 0.3 is 0 Å². The van der Waals surface area contributed by atoms with E-state index in [9.17, 15) is 5.11 Å². The van der Waals surface area contributed by atoms with Crippen LogP contribution in [-0.4, -0.2) is 10.1 Å². The average molecular weight is 308 g/mol. The Bertz CT molecular complexity index is 553. The Hall–Kier alpha value is -0.930. The molecule has 1 N–H and O–H groups in total. The molecule has 1 aromatic heterocycles. The molecular formula is C15H18BrNO. The highest BCUT2D eigenvalue weighted by atomic mass is 79.9. The van der Waals surface area contributed by atoms with Crippen LogP contribution in [0, 0.1) is 0 Å². The Morgan fingerprint density at radius 3 is 2.72 bits per heavy atom. The number of fused-ring (bicyclic) bond motifs is 1. The molecule has 0 fully saturated rings. The minimum atomic E-state index is -0.398. The number of aliphatic hydroxyl groups excluding tert-OH is 1. The highest BCUT2D eigenvalue weighted by Gasteiger charge is 2.13. The first kappa shape index (κ1) is 13.5. The molecule has 2 nitrogen and oxygen atoms in total. The molecule has 0 radical (unpaired) electrons. The molecule has 2 rings (SSSR count). The van der Waals surface area contributed by atoms with Gasteiger partial charge in [0.15, 0.2) is 0 Å². The van der Waals surface area contributed by atoms with Crippen molar-refractivity contribution in [1.29, 1.82) is 0 Å². The third kappa shape index (κ3) is 2.73. The van der Waals surface area contributed by atoms with Gasteiger partial charge in [-0.05, 0) is 31.0 Å². The van der Waals surface area contributed by atoms with E-state index in [0.29, 0.717) is 0 Å². The van der Waals surface area contributed by atoms with E-state index in [-0.39, 0.29) is 0 Å². The smallest absolute Gasteiger partial charge is 0.0807 e. The van der Waals surface area contributed by atoms with Crippen LogP contribution in [0.25, 0.3) is 10.9 Å². The van der Waals surface area contributed by atoms with Crippen molar-refractivity contribution in [2.45, 2.75) is 39.2 Å². The SMILES string of the molecule is CCCC(O)c1cc2ccc(Br)cc2nc1CC. The summed E-state index contributed by atoms with van der Waals surface area (Å²) in [7, 11) is 0. The van der Waals surface area contributed by atoms with Gasteiger partial charge in [-0.15, -0.1) is 0 Å².